The lowest BCUT2D eigenvalue weighted by Crippen LogP contribution is -2.11. The summed E-state index contributed by atoms with van der Waals surface area (Å²) in [5.41, 5.74) is 0.319. The predicted octanol–water partition coefficient (Wildman–Crippen LogP) is 3.27. The highest BCUT2D eigenvalue weighted by Crippen LogP contribution is 2.28. The molecule has 6 nitrogen and oxygen atoms in total. The van der Waals surface area contributed by atoms with Crippen LogP contribution in [0.4, 0.5) is 11.4 Å². The molecule has 21 heavy (non-hydrogen) atoms. The average Bonchev–Trinajstić information content (AvgIpc) is 2.49. The van der Waals surface area contributed by atoms with E-state index in [1.807, 2.05) is 18.4 Å². The van der Waals surface area contributed by atoms with Crippen molar-refractivity contribution in [2.24, 2.45) is 0 Å². The number of carbonyl (C=O) groups excluding carboxylic acids is 1. The first kappa shape index (κ1) is 14.9. The van der Waals surface area contributed by atoms with Gasteiger partial charge >= 0.3 is 0 Å². The molecule has 0 saturated heterocycles. The number of non-ortho nitro benzene ring substituents is 1. The minimum Gasteiger partial charge on any atom is -0.506 e. The van der Waals surface area contributed by atoms with Gasteiger partial charge in [0.15, 0.2) is 0 Å². The van der Waals surface area contributed by atoms with E-state index >= 15 is 0 Å². The first-order valence-corrected chi connectivity index (χ1v) is 7.16. The van der Waals surface area contributed by atoms with E-state index < -0.39 is 10.8 Å². The summed E-state index contributed by atoms with van der Waals surface area (Å²) >= 11 is 1.56. The second-order valence-corrected chi connectivity index (χ2v) is 5.02. The van der Waals surface area contributed by atoms with Crippen molar-refractivity contribution in [2.75, 3.05) is 11.6 Å². The average molecular weight is 304 g/mol. The monoisotopic (exact) mass is 304 g/mol. The summed E-state index contributed by atoms with van der Waals surface area (Å²) in [4.78, 5) is 23.0. The van der Waals surface area contributed by atoms with Gasteiger partial charge in [-0.3, -0.25) is 14.9 Å². The molecule has 2 N–H and O–H groups in total. The Kier molecular flexibility index (Phi) is 4.44. The Bertz CT molecular complexity index is 686. The van der Waals surface area contributed by atoms with Crippen molar-refractivity contribution in [1.29, 1.82) is 0 Å². The summed E-state index contributed by atoms with van der Waals surface area (Å²) in [6, 6.07) is 10.5. The predicted molar refractivity (Wildman–Crippen MR) is 80.9 cm³/mol. The van der Waals surface area contributed by atoms with Crippen molar-refractivity contribution in [1.82, 2.24) is 0 Å². The quantitative estimate of drug-likeness (QED) is 0.391. The summed E-state index contributed by atoms with van der Waals surface area (Å²) in [7, 11) is 0. The Labute approximate surface area is 125 Å². The molecule has 2 aromatic rings. The zero-order chi connectivity index (χ0) is 15.4. The van der Waals surface area contributed by atoms with E-state index in [1.165, 1.54) is 12.1 Å². The number of phenols is 1. The molecule has 0 aliphatic heterocycles. The van der Waals surface area contributed by atoms with E-state index in [2.05, 4.69) is 5.32 Å². The third-order valence-electron chi connectivity index (χ3n) is 2.79. The molecule has 0 bridgehead atoms. The maximum atomic E-state index is 12.0. The fraction of sp³-hybridized carbons (Fsp3) is 0.0714. The van der Waals surface area contributed by atoms with Crippen LogP contribution in [0.2, 0.25) is 0 Å². The summed E-state index contributed by atoms with van der Waals surface area (Å²) in [5.74, 6) is -0.745. The summed E-state index contributed by atoms with van der Waals surface area (Å²) in [6.07, 6.45) is 1.93. The van der Waals surface area contributed by atoms with Gasteiger partial charge in [0, 0.05) is 16.5 Å². The van der Waals surface area contributed by atoms with Crippen molar-refractivity contribution < 1.29 is 14.8 Å². The molecule has 0 aliphatic rings. The van der Waals surface area contributed by atoms with Gasteiger partial charge in [-0.1, -0.05) is 0 Å². The Morgan fingerprint density at radius 1 is 1.24 bits per heavy atom. The molecule has 0 radical (unpaired) electrons. The second-order valence-electron chi connectivity index (χ2n) is 4.14. The molecule has 0 saturated carbocycles. The van der Waals surface area contributed by atoms with Crippen LogP contribution in [0.5, 0.6) is 5.75 Å². The fourth-order valence-corrected chi connectivity index (χ4v) is 2.08. The third-order valence-corrected chi connectivity index (χ3v) is 3.54. The number of thioether (sulfide) groups is 1. The molecule has 0 fully saturated rings. The van der Waals surface area contributed by atoms with Crippen LogP contribution in [0.15, 0.2) is 47.4 Å². The van der Waals surface area contributed by atoms with E-state index in [1.54, 1.807) is 23.9 Å². The molecule has 0 aromatic heterocycles. The van der Waals surface area contributed by atoms with Crippen LogP contribution in [0.25, 0.3) is 0 Å². The number of nitrogens with one attached hydrogen (secondary N) is 1. The molecule has 0 atom stereocenters. The van der Waals surface area contributed by atoms with Gasteiger partial charge < -0.3 is 10.4 Å². The zero-order valence-corrected chi connectivity index (χ0v) is 11.9. The van der Waals surface area contributed by atoms with Crippen LogP contribution in [0, 0.1) is 10.1 Å². The van der Waals surface area contributed by atoms with E-state index in [-0.39, 0.29) is 17.1 Å². The number of anilines is 1. The SMILES string of the molecule is CSc1ccc(C(=O)Nc2ccc([N+](=O)[O-])cc2O)cc1. The summed E-state index contributed by atoms with van der Waals surface area (Å²) in [5, 5.41) is 22.8. The smallest absolute Gasteiger partial charge is 0.273 e. The number of nitro benzene ring substituents is 1. The van der Waals surface area contributed by atoms with Gasteiger partial charge in [0.05, 0.1) is 16.7 Å². The highest BCUT2D eigenvalue weighted by Gasteiger charge is 2.13. The summed E-state index contributed by atoms with van der Waals surface area (Å²) in [6.45, 7) is 0. The number of hydrogen-bond acceptors (Lipinski definition) is 5. The number of amides is 1. The largest absolute Gasteiger partial charge is 0.506 e. The molecule has 2 rings (SSSR count). The van der Waals surface area contributed by atoms with E-state index in [4.69, 9.17) is 0 Å². The number of hydrogen-bond donors (Lipinski definition) is 2. The lowest BCUT2D eigenvalue weighted by molar-refractivity contribution is -0.384. The molecule has 0 aliphatic carbocycles. The molecule has 0 unspecified atom stereocenters. The van der Waals surface area contributed by atoms with Crippen LogP contribution in [0.3, 0.4) is 0 Å². The van der Waals surface area contributed by atoms with Crippen LogP contribution < -0.4 is 5.32 Å². The Hall–Kier alpha value is -2.54. The first-order chi connectivity index (χ1) is 10.0. The topological polar surface area (TPSA) is 92.5 Å². The third kappa shape index (κ3) is 3.51. The van der Waals surface area contributed by atoms with Crippen molar-refractivity contribution in [3.05, 3.63) is 58.1 Å². The molecule has 108 valence electrons. The van der Waals surface area contributed by atoms with E-state index in [0.717, 1.165) is 11.0 Å². The molecule has 0 spiro atoms. The number of rotatable bonds is 4. The molecule has 0 heterocycles. The van der Waals surface area contributed by atoms with Crippen LogP contribution in [-0.2, 0) is 0 Å². The van der Waals surface area contributed by atoms with Crippen LogP contribution in [-0.4, -0.2) is 22.2 Å². The van der Waals surface area contributed by atoms with Gasteiger partial charge in [0.2, 0.25) is 0 Å². The number of carbonyl (C=O) groups is 1. The van der Waals surface area contributed by atoms with E-state index in [0.29, 0.717) is 5.56 Å². The highest BCUT2D eigenvalue weighted by atomic mass is 32.2. The van der Waals surface area contributed by atoms with Crippen molar-refractivity contribution in [3.63, 3.8) is 0 Å². The van der Waals surface area contributed by atoms with Gasteiger partial charge in [0.1, 0.15) is 5.75 Å². The number of nitro groups is 1. The maximum Gasteiger partial charge on any atom is 0.273 e. The molecule has 7 heteroatoms. The van der Waals surface area contributed by atoms with Gasteiger partial charge in [-0.25, -0.2) is 0 Å². The minimum absolute atomic E-state index is 0.125. The molecule has 1 amide bonds. The van der Waals surface area contributed by atoms with Crippen molar-refractivity contribution in [2.45, 2.75) is 4.90 Å². The molecular weight excluding hydrogens is 292 g/mol. The number of phenolic OH excluding ortho intramolecular Hbond substituents is 1. The number of nitrogens with zero attached hydrogens (tertiary/aromatic N) is 1. The lowest BCUT2D eigenvalue weighted by Gasteiger charge is -2.07. The van der Waals surface area contributed by atoms with Crippen LogP contribution in [0.1, 0.15) is 10.4 Å². The van der Waals surface area contributed by atoms with Gasteiger partial charge in [0.25, 0.3) is 11.6 Å². The Morgan fingerprint density at radius 3 is 2.43 bits per heavy atom. The summed E-state index contributed by atoms with van der Waals surface area (Å²) < 4.78 is 0. The van der Waals surface area contributed by atoms with Crippen molar-refractivity contribution >= 4 is 29.0 Å². The van der Waals surface area contributed by atoms with Gasteiger partial charge in [-0.05, 0) is 36.6 Å². The molecule has 2 aromatic carbocycles. The number of benzene rings is 2. The van der Waals surface area contributed by atoms with Crippen molar-refractivity contribution in [3.8, 4) is 5.75 Å². The Morgan fingerprint density at radius 2 is 1.90 bits per heavy atom. The first-order valence-electron chi connectivity index (χ1n) is 5.94. The maximum absolute atomic E-state index is 12.0. The van der Waals surface area contributed by atoms with Gasteiger partial charge in [-0.15, -0.1) is 11.8 Å². The normalized spacial score (nSPS) is 10.1. The van der Waals surface area contributed by atoms with Gasteiger partial charge in [-0.2, -0.15) is 0 Å². The van der Waals surface area contributed by atoms with E-state index in [9.17, 15) is 20.0 Å². The van der Waals surface area contributed by atoms with Crippen LogP contribution >= 0.6 is 11.8 Å². The highest BCUT2D eigenvalue weighted by molar-refractivity contribution is 7.98. The number of aromatic hydroxyl groups is 1. The lowest BCUT2D eigenvalue weighted by atomic mass is 10.2. The zero-order valence-electron chi connectivity index (χ0n) is 11.1. The standard InChI is InChI=1S/C14H12N2O4S/c1-21-11-5-2-9(3-6-11)14(18)15-12-7-4-10(16(19)20)8-13(12)17/h2-8,17H,1H3,(H,15,18). The minimum atomic E-state index is -0.619. The Balaban J connectivity index is 2.17. The second kappa shape index (κ2) is 6.27. The fourth-order valence-electron chi connectivity index (χ4n) is 1.68. The molecular formula is C14H12N2O4S.